The van der Waals surface area contributed by atoms with Crippen molar-refractivity contribution < 1.29 is 9.63 Å². The number of para-hydroxylation sites is 1. The summed E-state index contributed by atoms with van der Waals surface area (Å²) in [4.78, 5) is 21.2. The summed E-state index contributed by atoms with van der Waals surface area (Å²) in [5.41, 5.74) is 2.62. The van der Waals surface area contributed by atoms with Crippen LogP contribution >= 0.6 is 0 Å². The Morgan fingerprint density at radius 1 is 1.23 bits per heavy atom. The molecule has 0 spiro atoms. The molecule has 0 aliphatic heterocycles. The number of pyridine rings is 1. The maximum absolute atomic E-state index is 12.2. The number of aromatic nitrogens is 2. The Bertz CT molecular complexity index is 825. The number of carbonyl (C=O) groups excluding carboxylic acids is 1. The third-order valence-corrected chi connectivity index (χ3v) is 3.05. The van der Waals surface area contributed by atoms with E-state index in [-0.39, 0.29) is 5.91 Å². The summed E-state index contributed by atoms with van der Waals surface area (Å²) in [5.74, 6) is -0.248. The van der Waals surface area contributed by atoms with Crippen LogP contribution in [-0.2, 0) is 4.84 Å². The van der Waals surface area contributed by atoms with Crippen LogP contribution in [0.25, 0.3) is 5.65 Å². The lowest BCUT2D eigenvalue weighted by atomic mass is 10.3. The lowest BCUT2D eigenvalue weighted by Crippen LogP contribution is -2.11. The Balaban J connectivity index is 1.85. The van der Waals surface area contributed by atoms with E-state index in [4.69, 9.17) is 0 Å². The van der Waals surface area contributed by atoms with Crippen molar-refractivity contribution in [2.75, 3.05) is 12.4 Å². The van der Waals surface area contributed by atoms with Crippen LogP contribution < -0.4 is 5.32 Å². The van der Waals surface area contributed by atoms with Crippen molar-refractivity contribution in [3.05, 3.63) is 66.1 Å². The quantitative estimate of drug-likeness (QED) is 0.594. The molecule has 110 valence electrons. The van der Waals surface area contributed by atoms with Gasteiger partial charge in [-0.15, -0.1) is 0 Å². The van der Waals surface area contributed by atoms with E-state index in [0.29, 0.717) is 11.3 Å². The molecule has 2 heterocycles. The summed E-state index contributed by atoms with van der Waals surface area (Å²) < 4.78 is 1.77. The van der Waals surface area contributed by atoms with Crippen molar-refractivity contribution in [2.24, 2.45) is 5.16 Å². The molecule has 0 atom stereocenters. The number of benzene rings is 1. The fourth-order valence-corrected chi connectivity index (χ4v) is 2.02. The smallest absolute Gasteiger partial charge is 0.275 e. The molecule has 3 aromatic rings. The molecule has 0 fully saturated rings. The highest BCUT2D eigenvalue weighted by Crippen LogP contribution is 2.10. The molecule has 0 saturated carbocycles. The molecule has 1 N–H and O–H groups in total. The molecule has 1 aromatic carbocycles. The second-order valence-electron chi connectivity index (χ2n) is 4.59. The first-order valence-corrected chi connectivity index (χ1v) is 6.68. The number of nitrogens with one attached hydrogen (secondary N) is 1. The molecule has 0 aliphatic rings. The molecule has 0 aliphatic carbocycles. The van der Waals surface area contributed by atoms with Crippen LogP contribution in [0.5, 0.6) is 0 Å². The SMILES string of the molecule is CO/N=C/c1ccc2nc(C(=O)Nc3ccccc3)cn2c1. The molecule has 0 saturated heterocycles. The summed E-state index contributed by atoms with van der Waals surface area (Å²) in [6.07, 6.45) is 5.09. The first-order chi connectivity index (χ1) is 10.8. The van der Waals surface area contributed by atoms with Gasteiger partial charge in [-0.3, -0.25) is 4.79 Å². The molecule has 0 bridgehead atoms. The number of hydrogen-bond acceptors (Lipinski definition) is 4. The van der Waals surface area contributed by atoms with E-state index in [1.807, 2.05) is 48.7 Å². The van der Waals surface area contributed by atoms with Gasteiger partial charge >= 0.3 is 0 Å². The van der Waals surface area contributed by atoms with Gasteiger partial charge in [0.25, 0.3) is 5.91 Å². The van der Waals surface area contributed by atoms with Gasteiger partial charge in [0.1, 0.15) is 18.5 Å². The van der Waals surface area contributed by atoms with E-state index < -0.39 is 0 Å². The molecule has 6 nitrogen and oxygen atoms in total. The number of amides is 1. The zero-order valence-electron chi connectivity index (χ0n) is 11.9. The largest absolute Gasteiger partial charge is 0.399 e. The van der Waals surface area contributed by atoms with Crippen molar-refractivity contribution in [1.29, 1.82) is 0 Å². The highest BCUT2D eigenvalue weighted by atomic mass is 16.6. The van der Waals surface area contributed by atoms with Crippen LogP contribution in [0.1, 0.15) is 16.1 Å². The number of oxime groups is 1. The van der Waals surface area contributed by atoms with E-state index in [2.05, 4.69) is 20.3 Å². The van der Waals surface area contributed by atoms with Crippen LogP contribution in [0.2, 0.25) is 0 Å². The first kappa shape index (κ1) is 13.8. The van der Waals surface area contributed by atoms with Gasteiger partial charge in [0.05, 0.1) is 6.21 Å². The van der Waals surface area contributed by atoms with Gasteiger partial charge in [-0.25, -0.2) is 4.98 Å². The maximum Gasteiger partial charge on any atom is 0.275 e. The Morgan fingerprint density at radius 2 is 2.05 bits per heavy atom. The molecule has 1 amide bonds. The Labute approximate surface area is 127 Å². The summed E-state index contributed by atoms with van der Waals surface area (Å²) in [5, 5.41) is 6.52. The van der Waals surface area contributed by atoms with Gasteiger partial charge in [0, 0.05) is 23.6 Å². The lowest BCUT2D eigenvalue weighted by Gasteiger charge is -2.01. The van der Waals surface area contributed by atoms with E-state index in [1.165, 1.54) is 7.11 Å². The van der Waals surface area contributed by atoms with E-state index >= 15 is 0 Å². The number of rotatable bonds is 4. The molecule has 0 radical (unpaired) electrons. The monoisotopic (exact) mass is 294 g/mol. The standard InChI is InChI=1S/C16H14N4O2/c1-22-17-9-12-7-8-15-19-14(11-20(15)10-12)16(21)18-13-5-3-2-4-6-13/h2-11H,1H3,(H,18,21)/b17-9+. The van der Waals surface area contributed by atoms with Gasteiger partial charge in [-0.05, 0) is 24.3 Å². The van der Waals surface area contributed by atoms with E-state index in [0.717, 1.165) is 11.3 Å². The number of anilines is 1. The minimum Gasteiger partial charge on any atom is -0.399 e. The normalized spacial score (nSPS) is 11.0. The fourth-order valence-electron chi connectivity index (χ4n) is 2.02. The highest BCUT2D eigenvalue weighted by Gasteiger charge is 2.11. The predicted molar refractivity (Wildman–Crippen MR) is 84.2 cm³/mol. The van der Waals surface area contributed by atoms with Gasteiger partial charge in [-0.1, -0.05) is 23.4 Å². The zero-order chi connectivity index (χ0) is 15.4. The van der Waals surface area contributed by atoms with Crippen molar-refractivity contribution in [2.45, 2.75) is 0 Å². The van der Waals surface area contributed by atoms with Crippen LogP contribution in [0, 0.1) is 0 Å². The second kappa shape index (κ2) is 6.09. The number of imidazole rings is 1. The minimum absolute atomic E-state index is 0.248. The Kier molecular flexibility index (Phi) is 3.82. The highest BCUT2D eigenvalue weighted by molar-refractivity contribution is 6.03. The van der Waals surface area contributed by atoms with Crippen molar-refractivity contribution >= 4 is 23.5 Å². The van der Waals surface area contributed by atoms with Crippen LogP contribution in [-0.4, -0.2) is 28.6 Å². The van der Waals surface area contributed by atoms with Crippen molar-refractivity contribution in [1.82, 2.24) is 9.38 Å². The van der Waals surface area contributed by atoms with E-state index in [1.54, 1.807) is 16.8 Å². The third kappa shape index (κ3) is 2.95. The second-order valence-corrected chi connectivity index (χ2v) is 4.59. The number of fused-ring (bicyclic) bond motifs is 1. The average molecular weight is 294 g/mol. The van der Waals surface area contributed by atoms with Gasteiger partial charge in [0.2, 0.25) is 0 Å². The maximum atomic E-state index is 12.2. The average Bonchev–Trinajstić information content (AvgIpc) is 2.97. The summed E-state index contributed by atoms with van der Waals surface area (Å²) >= 11 is 0. The fraction of sp³-hybridized carbons (Fsp3) is 0.0625. The molecule has 6 heteroatoms. The Morgan fingerprint density at radius 3 is 2.82 bits per heavy atom. The summed E-state index contributed by atoms with van der Waals surface area (Å²) in [6.45, 7) is 0. The molecular weight excluding hydrogens is 280 g/mol. The van der Waals surface area contributed by atoms with Gasteiger partial charge in [0.15, 0.2) is 0 Å². The van der Waals surface area contributed by atoms with Crippen molar-refractivity contribution in [3.8, 4) is 0 Å². The predicted octanol–water partition coefficient (Wildman–Crippen LogP) is 2.57. The third-order valence-electron chi connectivity index (χ3n) is 3.05. The molecule has 0 unspecified atom stereocenters. The van der Waals surface area contributed by atoms with Gasteiger partial charge < -0.3 is 14.6 Å². The van der Waals surface area contributed by atoms with Crippen LogP contribution in [0.15, 0.2) is 60.0 Å². The lowest BCUT2D eigenvalue weighted by molar-refractivity contribution is 0.102. The Hall–Kier alpha value is -3.15. The van der Waals surface area contributed by atoms with Crippen molar-refractivity contribution in [3.63, 3.8) is 0 Å². The first-order valence-electron chi connectivity index (χ1n) is 6.68. The zero-order valence-corrected chi connectivity index (χ0v) is 11.9. The number of hydrogen-bond donors (Lipinski definition) is 1. The minimum atomic E-state index is -0.248. The summed E-state index contributed by atoms with van der Waals surface area (Å²) in [6, 6.07) is 12.9. The number of nitrogens with zero attached hydrogens (tertiary/aromatic N) is 3. The molecule has 22 heavy (non-hydrogen) atoms. The molecule has 2 aromatic heterocycles. The topological polar surface area (TPSA) is 68.0 Å². The summed E-state index contributed by atoms with van der Waals surface area (Å²) in [7, 11) is 1.48. The van der Waals surface area contributed by atoms with Crippen LogP contribution in [0.3, 0.4) is 0 Å². The molecular formula is C16H14N4O2. The van der Waals surface area contributed by atoms with Crippen LogP contribution in [0.4, 0.5) is 5.69 Å². The van der Waals surface area contributed by atoms with Gasteiger partial charge in [-0.2, -0.15) is 0 Å². The molecule has 3 rings (SSSR count). The van der Waals surface area contributed by atoms with E-state index in [9.17, 15) is 4.79 Å². The number of carbonyl (C=O) groups is 1.